The van der Waals surface area contributed by atoms with Crippen molar-refractivity contribution in [1.29, 1.82) is 0 Å². The molecule has 2 aliphatic heterocycles. The number of aliphatic imine (C=N–C) groups is 2. The Balaban J connectivity index is 1.90. The molecule has 0 bridgehead atoms. The van der Waals surface area contributed by atoms with Gasteiger partial charge in [0.05, 0.1) is 18.5 Å². The lowest BCUT2D eigenvalue weighted by atomic mass is 9.99. The molecule has 0 unspecified atom stereocenters. The molecule has 42 heavy (non-hydrogen) atoms. The van der Waals surface area contributed by atoms with Crippen LogP contribution in [0.1, 0.15) is 115 Å². The molecular weight excluding hydrogens is 520 g/mol. The topological polar surface area (TPSA) is 82.6 Å². The van der Waals surface area contributed by atoms with E-state index in [1.54, 1.807) is 7.11 Å². The smallest absolute Gasteiger partial charge is 0.273 e. The van der Waals surface area contributed by atoms with E-state index in [1.165, 1.54) is 33.4 Å². The van der Waals surface area contributed by atoms with Gasteiger partial charge in [0.2, 0.25) is 5.90 Å². The Bertz CT molecular complexity index is 1650. The van der Waals surface area contributed by atoms with Crippen LogP contribution in [0.5, 0.6) is 0 Å². The number of H-pyrrole nitrogens is 2. The van der Waals surface area contributed by atoms with Gasteiger partial charge in [-0.05, 0) is 103 Å². The predicted molar refractivity (Wildman–Crippen MR) is 176 cm³/mol. The number of hydrogen-bond acceptors (Lipinski definition) is 3. The van der Waals surface area contributed by atoms with E-state index < -0.39 is 0 Å². The molecule has 6 heteroatoms. The summed E-state index contributed by atoms with van der Waals surface area (Å²) in [4.78, 5) is 29.4. The number of allylic oxidation sites excluding steroid dienone is 2. The van der Waals surface area contributed by atoms with Crippen LogP contribution in [-0.4, -0.2) is 34.6 Å². The number of nitrogens with zero attached hydrogens (tertiary/aromatic N) is 2. The first-order valence-electron chi connectivity index (χ1n) is 15.9. The number of rotatable bonds is 11. The number of ether oxygens (including phenoxy) is 1. The number of methoxy groups -OCH3 is 1. The SMILES string of the molecule is CCC1=C(CC)C(/C=c2\[nH]/c(=C\c3[nH]c(/C=C4\N=C(OC)C(CC)=C4CC)c(CC)c3CC)c(CC)c2CC)=NC1=O. The van der Waals surface area contributed by atoms with E-state index in [0.29, 0.717) is 6.42 Å². The summed E-state index contributed by atoms with van der Waals surface area (Å²) in [6.07, 6.45) is 13.6. The fourth-order valence-electron chi connectivity index (χ4n) is 6.75. The zero-order chi connectivity index (χ0) is 30.6. The monoisotopic (exact) mass is 568 g/mol. The van der Waals surface area contributed by atoms with E-state index in [-0.39, 0.29) is 5.91 Å². The number of nitrogens with one attached hydrogen (secondary N) is 2. The molecule has 4 heterocycles. The van der Waals surface area contributed by atoms with Gasteiger partial charge >= 0.3 is 0 Å². The van der Waals surface area contributed by atoms with Gasteiger partial charge in [-0.2, -0.15) is 0 Å². The molecule has 0 aliphatic carbocycles. The van der Waals surface area contributed by atoms with Gasteiger partial charge in [-0.1, -0.05) is 55.4 Å². The summed E-state index contributed by atoms with van der Waals surface area (Å²) in [5, 5.41) is 2.17. The van der Waals surface area contributed by atoms with E-state index in [1.807, 2.05) is 6.92 Å². The van der Waals surface area contributed by atoms with E-state index in [4.69, 9.17) is 9.73 Å². The first-order chi connectivity index (χ1) is 20.3. The third-order valence-electron chi connectivity index (χ3n) is 8.75. The van der Waals surface area contributed by atoms with Crippen LogP contribution in [0.4, 0.5) is 0 Å². The largest absolute Gasteiger partial charge is 0.481 e. The molecule has 2 aromatic rings. The predicted octanol–water partition coefficient (Wildman–Crippen LogP) is 6.82. The highest BCUT2D eigenvalue weighted by Crippen LogP contribution is 2.33. The second kappa shape index (κ2) is 13.5. The average molecular weight is 569 g/mol. The summed E-state index contributed by atoms with van der Waals surface area (Å²) >= 11 is 0. The molecule has 0 saturated carbocycles. The quantitative estimate of drug-likeness (QED) is 0.312. The molecular formula is C36H48N4O2. The Morgan fingerprint density at radius 3 is 1.60 bits per heavy atom. The van der Waals surface area contributed by atoms with Crippen LogP contribution in [0, 0.1) is 0 Å². The summed E-state index contributed by atoms with van der Waals surface area (Å²) in [5.41, 5.74) is 13.7. The van der Waals surface area contributed by atoms with Crippen LogP contribution in [0.15, 0.2) is 38.0 Å². The summed E-state index contributed by atoms with van der Waals surface area (Å²) in [5.74, 6) is 0.653. The molecule has 6 nitrogen and oxygen atoms in total. The highest BCUT2D eigenvalue weighted by molar-refractivity contribution is 6.31. The van der Waals surface area contributed by atoms with Crippen LogP contribution < -0.4 is 10.7 Å². The second-order valence-corrected chi connectivity index (χ2v) is 10.8. The Hall–Kier alpha value is -3.67. The van der Waals surface area contributed by atoms with Gasteiger partial charge in [0, 0.05) is 33.2 Å². The standard InChI is InChI=1S/C36H48N4O2/c1-10-21-23(12-3)31(19-33-25(14-5)27(16-7)35(41)39-33)37-29(21)18-30-22(11-2)24(13-4)32(38-30)20-34-26(15-6)28(17-8)36(40-34)42-9/h18-20,37-38H,10-17H2,1-9H3/b29-18-,31-19-,34-20-. The van der Waals surface area contributed by atoms with E-state index >= 15 is 0 Å². The van der Waals surface area contributed by atoms with Crippen molar-refractivity contribution in [2.75, 3.05) is 7.11 Å². The minimum atomic E-state index is -0.0863. The van der Waals surface area contributed by atoms with E-state index in [9.17, 15) is 4.79 Å². The number of aromatic amines is 2. The maximum absolute atomic E-state index is 12.6. The first-order valence-corrected chi connectivity index (χ1v) is 15.9. The molecule has 2 aliphatic rings. The minimum absolute atomic E-state index is 0.0863. The van der Waals surface area contributed by atoms with Crippen LogP contribution in [-0.2, 0) is 35.2 Å². The van der Waals surface area contributed by atoms with Crippen molar-refractivity contribution < 1.29 is 9.53 Å². The van der Waals surface area contributed by atoms with Crippen molar-refractivity contribution in [2.24, 2.45) is 9.98 Å². The molecule has 0 spiro atoms. The van der Waals surface area contributed by atoms with Gasteiger partial charge < -0.3 is 14.7 Å². The van der Waals surface area contributed by atoms with Crippen molar-refractivity contribution in [1.82, 2.24) is 9.97 Å². The molecule has 0 saturated heterocycles. The van der Waals surface area contributed by atoms with Gasteiger partial charge in [-0.15, -0.1) is 0 Å². The molecule has 0 atom stereocenters. The van der Waals surface area contributed by atoms with Gasteiger partial charge in [-0.3, -0.25) is 4.79 Å². The van der Waals surface area contributed by atoms with Gasteiger partial charge in [0.15, 0.2) is 0 Å². The van der Waals surface area contributed by atoms with Gasteiger partial charge in [0.1, 0.15) is 0 Å². The van der Waals surface area contributed by atoms with Crippen LogP contribution in [0.25, 0.3) is 18.2 Å². The third kappa shape index (κ3) is 5.56. The summed E-state index contributed by atoms with van der Waals surface area (Å²) < 4.78 is 5.63. The molecule has 0 radical (unpaired) electrons. The molecule has 0 fully saturated rings. The second-order valence-electron chi connectivity index (χ2n) is 10.8. The fraction of sp³-hybridized carbons (Fsp3) is 0.472. The first kappa shape index (κ1) is 31.3. The minimum Gasteiger partial charge on any atom is -0.481 e. The van der Waals surface area contributed by atoms with Crippen molar-refractivity contribution in [3.05, 3.63) is 72.3 Å². The number of carbonyl (C=O) groups is 1. The summed E-state index contributed by atoms with van der Waals surface area (Å²) in [6, 6.07) is 0. The molecule has 2 aromatic heterocycles. The van der Waals surface area contributed by atoms with Crippen LogP contribution in [0.3, 0.4) is 0 Å². The van der Waals surface area contributed by atoms with Crippen LogP contribution >= 0.6 is 0 Å². The average Bonchev–Trinajstić information content (AvgIpc) is 3.71. The van der Waals surface area contributed by atoms with Crippen molar-refractivity contribution in [2.45, 2.75) is 107 Å². The molecule has 224 valence electrons. The van der Waals surface area contributed by atoms with Crippen molar-refractivity contribution in [3.8, 4) is 0 Å². The lowest BCUT2D eigenvalue weighted by Crippen LogP contribution is -2.15. The lowest BCUT2D eigenvalue weighted by Gasteiger charge is -2.05. The van der Waals surface area contributed by atoms with Gasteiger partial charge in [-0.25, -0.2) is 9.98 Å². The zero-order valence-electron chi connectivity index (χ0n) is 27.1. The Morgan fingerprint density at radius 1 is 0.571 bits per heavy atom. The highest BCUT2D eigenvalue weighted by Gasteiger charge is 2.24. The Morgan fingerprint density at radius 2 is 1.10 bits per heavy atom. The van der Waals surface area contributed by atoms with E-state index in [2.05, 4.69) is 81.7 Å². The van der Waals surface area contributed by atoms with Crippen LogP contribution in [0.2, 0.25) is 0 Å². The number of carbonyl (C=O) groups excluding carboxylic acids is 1. The summed E-state index contributed by atoms with van der Waals surface area (Å²) in [7, 11) is 1.70. The molecule has 0 aromatic carbocycles. The maximum atomic E-state index is 12.6. The number of hydrogen-bond donors (Lipinski definition) is 2. The third-order valence-corrected chi connectivity index (χ3v) is 8.75. The Labute approximate surface area is 251 Å². The normalized spacial score (nSPS) is 17.5. The summed E-state index contributed by atoms with van der Waals surface area (Å²) in [6.45, 7) is 17.3. The van der Waals surface area contributed by atoms with Crippen molar-refractivity contribution in [3.63, 3.8) is 0 Å². The van der Waals surface area contributed by atoms with Gasteiger partial charge in [0.25, 0.3) is 5.91 Å². The molecule has 1 amide bonds. The Kier molecular flexibility index (Phi) is 10.1. The zero-order valence-corrected chi connectivity index (χ0v) is 27.1. The lowest BCUT2D eigenvalue weighted by molar-refractivity contribution is -0.114. The van der Waals surface area contributed by atoms with Crippen molar-refractivity contribution >= 4 is 35.7 Å². The number of amides is 1. The highest BCUT2D eigenvalue weighted by atomic mass is 16.5. The fourth-order valence-corrected chi connectivity index (χ4v) is 6.75. The maximum Gasteiger partial charge on any atom is 0.273 e. The van der Waals surface area contributed by atoms with E-state index in [0.717, 1.165) is 95.5 Å². The molecule has 2 N–H and O–H groups in total. The molecule has 4 rings (SSSR count). The number of aromatic nitrogens is 2.